The van der Waals surface area contributed by atoms with Crippen molar-refractivity contribution in [3.05, 3.63) is 118 Å². The van der Waals surface area contributed by atoms with Gasteiger partial charge in [0.15, 0.2) is 11.6 Å². The SMILES string of the molecule is CC1(C)CC(=O)C2=C(C1)NC1=C(C(=O)c3ccccc31)[C@@H]2c1cccc(OC(=O)Cc2ccccc2)c1. The largest absolute Gasteiger partial charge is 0.426 e. The molecule has 5 heteroatoms. The van der Waals surface area contributed by atoms with Crippen LogP contribution < -0.4 is 10.1 Å². The minimum absolute atomic E-state index is 0.0468. The van der Waals surface area contributed by atoms with E-state index < -0.39 is 5.92 Å². The maximum atomic E-state index is 13.7. The highest BCUT2D eigenvalue weighted by Gasteiger charge is 2.46. The Balaban J connectivity index is 1.41. The van der Waals surface area contributed by atoms with Crippen molar-refractivity contribution in [2.75, 3.05) is 0 Å². The molecule has 3 aliphatic rings. The van der Waals surface area contributed by atoms with E-state index in [-0.39, 0.29) is 29.4 Å². The third-order valence-corrected chi connectivity index (χ3v) is 7.34. The maximum Gasteiger partial charge on any atom is 0.315 e. The van der Waals surface area contributed by atoms with Crippen LogP contribution in [0.5, 0.6) is 5.75 Å². The van der Waals surface area contributed by atoms with Crippen LogP contribution >= 0.6 is 0 Å². The van der Waals surface area contributed by atoms with Gasteiger partial charge in [-0.2, -0.15) is 0 Å². The van der Waals surface area contributed by atoms with Crippen molar-refractivity contribution < 1.29 is 19.1 Å². The lowest BCUT2D eigenvalue weighted by atomic mass is 9.68. The predicted octanol–water partition coefficient (Wildman–Crippen LogP) is 5.77. The first-order chi connectivity index (χ1) is 17.8. The van der Waals surface area contributed by atoms with Crippen LogP contribution in [0.3, 0.4) is 0 Å². The number of Topliss-reactive ketones (excluding diaryl/α,β-unsaturated/α-hetero) is 2. The van der Waals surface area contributed by atoms with Crippen LogP contribution in [0.4, 0.5) is 0 Å². The van der Waals surface area contributed by atoms with Crippen LogP contribution in [0.2, 0.25) is 0 Å². The van der Waals surface area contributed by atoms with E-state index in [9.17, 15) is 14.4 Å². The average molecular weight is 490 g/mol. The molecule has 0 saturated carbocycles. The lowest BCUT2D eigenvalue weighted by Gasteiger charge is -2.39. The van der Waals surface area contributed by atoms with Crippen molar-refractivity contribution in [2.24, 2.45) is 5.41 Å². The van der Waals surface area contributed by atoms with Gasteiger partial charge in [0.1, 0.15) is 5.75 Å². The zero-order valence-electron chi connectivity index (χ0n) is 20.8. The van der Waals surface area contributed by atoms with Crippen molar-refractivity contribution >= 4 is 23.2 Å². The normalized spacial score (nSPS) is 19.7. The van der Waals surface area contributed by atoms with Crippen molar-refractivity contribution in [2.45, 2.75) is 39.0 Å². The average Bonchev–Trinajstić information content (AvgIpc) is 3.14. The minimum Gasteiger partial charge on any atom is -0.426 e. The first-order valence-corrected chi connectivity index (χ1v) is 12.6. The number of hydrogen-bond donors (Lipinski definition) is 1. The molecule has 0 fully saturated rings. The number of allylic oxidation sites excluding steroid dienone is 3. The minimum atomic E-state index is -0.525. The Morgan fingerprint density at radius 3 is 2.41 bits per heavy atom. The predicted molar refractivity (Wildman–Crippen MR) is 141 cm³/mol. The van der Waals surface area contributed by atoms with Crippen molar-refractivity contribution in [3.63, 3.8) is 0 Å². The summed E-state index contributed by atoms with van der Waals surface area (Å²) in [5.74, 6) is -0.520. The van der Waals surface area contributed by atoms with Crippen molar-refractivity contribution in [1.82, 2.24) is 5.32 Å². The summed E-state index contributed by atoms with van der Waals surface area (Å²) in [6.07, 6.45) is 1.29. The van der Waals surface area contributed by atoms with E-state index in [0.717, 1.165) is 28.1 Å². The lowest BCUT2D eigenvalue weighted by Crippen LogP contribution is -2.37. The van der Waals surface area contributed by atoms with Gasteiger partial charge in [0.25, 0.3) is 0 Å². The van der Waals surface area contributed by atoms with E-state index >= 15 is 0 Å². The van der Waals surface area contributed by atoms with Gasteiger partial charge in [0.05, 0.1) is 12.1 Å². The Kier molecular flexibility index (Phi) is 5.45. The molecule has 3 aromatic rings. The zero-order valence-corrected chi connectivity index (χ0v) is 20.8. The van der Waals surface area contributed by atoms with Gasteiger partial charge in [0.2, 0.25) is 0 Å². The number of rotatable bonds is 4. The van der Waals surface area contributed by atoms with Crippen LogP contribution in [0, 0.1) is 5.41 Å². The van der Waals surface area contributed by atoms with Crippen molar-refractivity contribution in [1.29, 1.82) is 0 Å². The van der Waals surface area contributed by atoms with Crippen LogP contribution in [0.25, 0.3) is 5.70 Å². The number of esters is 1. The van der Waals surface area contributed by atoms with E-state index in [2.05, 4.69) is 19.2 Å². The number of hydrogen-bond acceptors (Lipinski definition) is 5. The van der Waals surface area contributed by atoms with Crippen LogP contribution in [0.15, 0.2) is 95.7 Å². The molecule has 3 aromatic carbocycles. The molecular weight excluding hydrogens is 462 g/mol. The highest BCUT2D eigenvalue weighted by Crippen LogP contribution is 2.51. The molecule has 6 rings (SSSR count). The molecule has 1 heterocycles. The first kappa shape index (κ1) is 23.2. The number of dihydropyridines is 1. The lowest BCUT2D eigenvalue weighted by molar-refractivity contribution is -0.133. The molecular formula is C32H27NO4. The molecule has 0 amide bonds. The number of nitrogens with one attached hydrogen (secondary N) is 1. The molecule has 0 aromatic heterocycles. The van der Waals surface area contributed by atoms with E-state index in [0.29, 0.717) is 35.3 Å². The Morgan fingerprint density at radius 2 is 1.62 bits per heavy atom. The second kappa shape index (κ2) is 8.70. The van der Waals surface area contributed by atoms with E-state index in [1.165, 1.54) is 0 Å². The summed E-state index contributed by atoms with van der Waals surface area (Å²) in [5, 5.41) is 3.50. The van der Waals surface area contributed by atoms with Gasteiger partial charge >= 0.3 is 5.97 Å². The van der Waals surface area contributed by atoms with Crippen LogP contribution in [-0.2, 0) is 16.0 Å². The summed E-state index contributed by atoms with van der Waals surface area (Å²) in [6.45, 7) is 4.19. The maximum absolute atomic E-state index is 13.7. The Hall–Kier alpha value is -4.25. The van der Waals surface area contributed by atoms with Gasteiger partial charge in [-0.1, -0.05) is 80.6 Å². The number of benzene rings is 3. The summed E-state index contributed by atoms with van der Waals surface area (Å²) < 4.78 is 5.69. The van der Waals surface area contributed by atoms with E-state index in [1.54, 1.807) is 12.1 Å². The fourth-order valence-electron chi connectivity index (χ4n) is 5.81. The molecule has 1 aliphatic heterocycles. The highest BCUT2D eigenvalue weighted by atomic mass is 16.5. The molecule has 0 saturated heterocycles. The van der Waals surface area contributed by atoms with Gasteiger partial charge in [-0.15, -0.1) is 0 Å². The van der Waals surface area contributed by atoms with Gasteiger partial charge in [0, 0.05) is 40.3 Å². The summed E-state index contributed by atoms with van der Waals surface area (Å²) >= 11 is 0. The third-order valence-electron chi connectivity index (χ3n) is 7.34. The fourth-order valence-corrected chi connectivity index (χ4v) is 5.81. The third kappa shape index (κ3) is 4.10. The smallest absolute Gasteiger partial charge is 0.315 e. The van der Waals surface area contributed by atoms with Gasteiger partial charge in [-0.25, -0.2) is 0 Å². The van der Waals surface area contributed by atoms with E-state index in [4.69, 9.17) is 4.74 Å². The molecule has 1 N–H and O–H groups in total. The van der Waals surface area contributed by atoms with Gasteiger partial charge < -0.3 is 10.1 Å². The summed E-state index contributed by atoms with van der Waals surface area (Å²) in [6, 6.07) is 24.2. The molecule has 37 heavy (non-hydrogen) atoms. The molecule has 0 bridgehead atoms. The molecule has 2 aliphatic carbocycles. The summed E-state index contributed by atoms with van der Waals surface area (Å²) in [7, 11) is 0. The molecule has 0 spiro atoms. The van der Waals surface area contributed by atoms with Crippen molar-refractivity contribution in [3.8, 4) is 5.75 Å². The molecule has 1 atom stereocenters. The summed E-state index contributed by atoms with van der Waals surface area (Å²) in [4.78, 5) is 39.9. The molecule has 184 valence electrons. The Bertz CT molecular complexity index is 1530. The van der Waals surface area contributed by atoms with E-state index in [1.807, 2.05) is 66.7 Å². The molecule has 0 unspecified atom stereocenters. The van der Waals surface area contributed by atoms with Crippen LogP contribution in [-0.4, -0.2) is 17.5 Å². The quantitative estimate of drug-likeness (QED) is 0.372. The number of ketones is 2. The zero-order chi connectivity index (χ0) is 25.7. The standard InChI is InChI=1S/C32H27NO4/c1-32(2)17-24-28(25(34)18-32)27(29-30(33-24)22-13-6-7-14-23(22)31(29)36)20-11-8-12-21(16-20)37-26(35)15-19-9-4-3-5-10-19/h3-14,16,27,33H,15,17-18H2,1-2H3/t27-/m1/s1. The highest BCUT2D eigenvalue weighted by molar-refractivity contribution is 6.23. The molecule has 5 nitrogen and oxygen atoms in total. The Labute approximate surface area is 215 Å². The number of fused-ring (bicyclic) bond motifs is 2. The first-order valence-electron chi connectivity index (χ1n) is 12.6. The molecule has 0 radical (unpaired) electrons. The number of carbonyl (C=O) groups excluding carboxylic acids is 3. The fraction of sp³-hybridized carbons (Fsp3) is 0.219. The van der Waals surface area contributed by atoms with Crippen LogP contribution in [0.1, 0.15) is 59.7 Å². The Morgan fingerprint density at radius 1 is 0.892 bits per heavy atom. The summed E-state index contributed by atoms with van der Waals surface area (Å²) in [5.41, 5.74) is 5.84. The topological polar surface area (TPSA) is 72.5 Å². The monoisotopic (exact) mass is 489 g/mol. The second-order valence-corrected chi connectivity index (χ2v) is 10.8. The number of ether oxygens (including phenoxy) is 1. The number of carbonyl (C=O) groups is 3. The van der Waals surface area contributed by atoms with Gasteiger partial charge in [-0.3, -0.25) is 14.4 Å². The van der Waals surface area contributed by atoms with Gasteiger partial charge in [-0.05, 0) is 35.1 Å². The second-order valence-electron chi connectivity index (χ2n) is 10.8.